The number of hydrogen-bond acceptors (Lipinski definition) is 0. The van der Waals surface area contributed by atoms with Gasteiger partial charge >= 0.3 is 0 Å². The van der Waals surface area contributed by atoms with E-state index in [4.69, 9.17) is 0 Å². The Kier molecular flexibility index (Phi) is 1.62. The zero-order valence-corrected chi connectivity index (χ0v) is 4.42. The first kappa shape index (κ1) is 5.29. The fraction of sp³-hybridized carbons (Fsp3) is 0.143. The maximum Gasteiger partial charge on any atom is 0.137 e. The van der Waals surface area contributed by atoms with Crippen molar-refractivity contribution in [2.75, 3.05) is 0 Å². The molecule has 1 heteroatoms. The molecular weight excluding hydrogens is 103 g/mol. The molecule has 0 saturated carbocycles. The first-order valence-electron chi connectivity index (χ1n) is 2.55. The topological polar surface area (TPSA) is 0 Å². The van der Waals surface area contributed by atoms with E-state index in [0.717, 1.165) is 0 Å². The summed E-state index contributed by atoms with van der Waals surface area (Å²) in [5.41, 5.74) is 0. The van der Waals surface area contributed by atoms with Crippen molar-refractivity contribution in [2.24, 2.45) is 0 Å². The predicted octanol–water partition coefficient (Wildman–Crippen LogP) is 2.01. The van der Waals surface area contributed by atoms with Crippen LogP contribution in [0.1, 0.15) is 0 Å². The van der Waals surface area contributed by atoms with E-state index >= 15 is 0 Å². The van der Waals surface area contributed by atoms with Gasteiger partial charge in [0.25, 0.3) is 0 Å². The van der Waals surface area contributed by atoms with E-state index < -0.39 is 6.17 Å². The number of rotatable bonds is 0. The molecule has 0 fully saturated rings. The number of hydrogen-bond donors (Lipinski definition) is 0. The molecule has 0 nitrogen and oxygen atoms in total. The lowest BCUT2D eigenvalue weighted by Gasteiger charge is -1.86. The van der Waals surface area contributed by atoms with Crippen LogP contribution in [0.4, 0.5) is 4.39 Å². The molecule has 0 aromatic rings. The molecule has 42 valence electrons. The second-order valence-electron chi connectivity index (χ2n) is 1.60. The van der Waals surface area contributed by atoms with Crippen LogP contribution in [0.3, 0.4) is 0 Å². The molecular formula is C7H7F. The Morgan fingerprint density at radius 2 is 1.38 bits per heavy atom. The summed E-state index contributed by atoms with van der Waals surface area (Å²) in [4.78, 5) is 0. The van der Waals surface area contributed by atoms with E-state index in [0.29, 0.717) is 0 Å². The molecule has 1 aliphatic rings. The summed E-state index contributed by atoms with van der Waals surface area (Å²) in [6, 6.07) is 0. The van der Waals surface area contributed by atoms with Crippen LogP contribution in [0.2, 0.25) is 0 Å². The highest BCUT2D eigenvalue weighted by Crippen LogP contribution is 1.99. The first-order valence-corrected chi connectivity index (χ1v) is 2.55. The molecule has 0 heterocycles. The van der Waals surface area contributed by atoms with E-state index in [1.807, 2.05) is 0 Å². The molecule has 0 aromatic carbocycles. The fourth-order valence-corrected chi connectivity index (χ4v) is 0.533. The van der Waals surface area contributed by atoms with Gasteiger partial charge in [-0.05, 0) is 12.2 Å². The molecule has 0 atom stereocenters. The van der Waals surface area contributed by atoms with Gasteiger partial charge in [0.15, 0.2) is 0 Å². The maximum atomic E-state index is 12.2. The van der Waals surface area contributed by atoms with Crippen LogP contribution in [-0.4, -0.2) is 6.17 Å². The van der Waals surface area contributed by atoms with Crippen molar-refractivity contribution in [3.05, 3.63) is 36.5 Å². The molecule has 1 rings (SSSR count). The second-order valence-corrected chi connectivity index (χ2v) is 1.60. The minimum absolute atomic E-state index is 0.898. The van der Waals surface area contributed by atoms with Crippen LogP contribution in [-0.2, 0) is 0 Å². The summed E-state index contributed by atoms with van der Waals surface area (Å²) in [7, 11) is 0. The number of alkyl halides is 1. The van der Waals surface area contributed by atoms with Gasteiger partial charge in [0.1, 0.15) is 6.17 Å². The van der Waals surface area contributed by atoms with Crippen LogP contribution in [0.25, 0.3) is 0 Å². The smallest absolute Gasteiger partial charge is 0.137 e. The lowest BCUT2D eigenvalue weighted by molar-refractivity contribution is 0.469. The molecule has 0 amide bonds. The summed E-state index contributed by atoms with van der Waals surface area (Å²) in [6.45, 7) is 0. The lowest BCUT2D eigenvalue weighted by atomic mass is 10.3. The summed E-state index contributed by atoms with van der Waals surface area (Å²) >= 11 is 0. The van der Waals surface area contributed by atoms with Crippen LogP contribution in [0.5, 0.6) is 0 Å². The van der Waals surface area contributed by atoms with Crippen molar-refractivity contribution in [3.63, 3.8) is 0 Å². The van der Waals surface area contributed by atoms with Gasteiger partial charge in [0.05, 0.1) is 0 Å². The molecule has 0 unspecified atom stereocenters. The Morgan fingerprint density at radius 1 is 0.875 bits per heavy atom. The van der Waals surface area contributed by atoms with E-state index in [9.17, 15) is 4.39 Å². The van der Waals surface area contributed by atoms with E-state index in [2.05, 4.69) is 0 Å². The highest BCUT2D eigenvalue weighted by Gasteiger charge is 1.91. The minimum atomic E-state index is -0.898. The minimum Gasteiger partial charge on any atom is -0.238 e. The molecule has 0 saturated heterocycles. The van der Waals surface area contributed by atoms with E-state index in [1.165, 1.54) is 12.2 Å². The largest absolute Gasteiger partial charge is 0.238 e. The third-order valence-electron chi connectivity index (χ3n) is 0.923. The van der Waals surface area contributed by atoms with Gasteiger partial charge < -0.3 is 0 Å². The van der Waals surface area contributed by atoms with Gasteiger partial charge in [-0.3, -0.25) is 0 Å². The Morgan fingerprint density at radius 3 is 1.88 bits per heavy atom. The standard InChI is InChI=1S/C7H7F/c8-7-5-3-1-2-4-6-7/h1-7H. The van der Waals surface area contributed by atoms with Crippen molar-refractivity contribution in [1.82, 2.24) is 0 Å². The second kappa shape index (κ2) is 2.46. The average Bonchev–Trinajstić information content (AvgIpc) is 1.94. The van der Waals surface area contributed by atoms with E-state index in [-0.39, 0.29) is 0 Å². The zero-order chi connectivity index (χ0) is 5.82. The quantitative estimate of drug-likeness (QED) is 0.447. The van der Waals surface area contributed by atoms with Crippen LogP contribution in [0.15, 0.2) is 36.5 Å². The van der Waals surface area contributed by atoms with E-state index in [1.54, 1.807) is 24.3 Å². The summed E-state index contributed by atoms with van der Waals surface area (Å²) in [6.07, 6.45) is 9.10. The first-order chi connectivity index (χ1) is 3.89. The van der Waals surface area contributed by atoms with Crippen molar-refractivity contribution >= 4 is 0 Å². The molecule has 0 aromatic heterocycles. The van der Waals surface area contributed by atoms with Gasteiger partial charge in [0, 0.05) is 0 Å². The van der Waals surface area contributed by atoms with Gasteiger partial charge in [-0.25, -0.2) is 4.39 Å². The van der Waals surface area contributed by atoms with Gasteiger partial charge in [-0.15, -0.1) is 0 Å². The summed E-state index contributed by atoms with van der Waals surface area (Å²) in [5, 5.41) is 0. The zero-order valence-electron chi connectivity index (χ0n) is 4.42. The Hall–Kier alpha value is -0.850. The molecule has 0 aliphatic heterocycles. The number of halogens is 1. The normalized spacial score (nSPS) is 19.1. The Bertz CT molecular complexity index is 126. The summed E-state index contributed by atoms with van der Waals surface area (Å²) in [5.74, 6) is 0. The predicted molar refractivity (Wildman–Crippen MR) is 32.3 cm³/mol. The molecule has 1 aliphatic carbocycles. The lowest BCUT2D eigenvalue weighted by Crippen LogP contribution is -1.84. The Labute approximate surface area is 48.0 Å². The van der Waals surface area contributed by atoms with Crippen molar-refractivity contribution in [2.45, 2.75) is 6.17 Å². The van der Waals surface area contributed by atoms with Crippen molar-refractivity contribution in [3.8, 4) is 0 Å². The summed E-state index contributed by atoms with van der Waals surface area (Å²) < 4.78 is 12.2. The fourth-order valence-electron chi connectivity index (χ4n) is 0.533. The third-order valence-corrected chi connectivity index (χ3v) is 0.923. The monoisotopic (exact) mass is 110 g/mol. The van der Waals surface area contributed by atoms with Crippen LogP contribution in [0, 0.1) is 0 Å². The molecule has 0 spiro atoms. The van der Waals surface area contributed by atoms with Crippen LogP contribution >= 0.6 is 0 Å². The Balaban J connectivity index is 2.66. The molecule has 0 bridgehead atoms. The highest BCUT2D eigenvalue weighted by atomic mass is 19.1. The van der Waals surface area contributed by atoms with Gasteiger partial charge in [0.2, 0.25) is 0 Å². The number of allylic oxidation sites excluding steroid dienone is 6. The van der Waals surface area contributed by atoms with Gasteiger partial charge in [-0.1, -0.05) is 24.3 Å². The van der Waals surface area contributed by atoms with Crippen molar-refractivity contribution in [1.29, 1.82) is 0 Å². The highest BCUT2D eigenvalue weighted by molar-refractivity contribution is 5.19. The molecule has 8 heavy (non-hydrogen) atoms. The SMILES string of the molecule is FC1C=CC=CC=C1. The van der Waals surface area contributed by atoms with Gasteiger partial charge in [-0.2, -0.15) is 0 Å². The molecule has 0 radical (unpaired) electrons. The average molecular weight is 110 g/mol. The van der Waals surface area contributed by atoms with Crippen molar-refractivity contribution < 1.29 is 4.39 Å². The third kappa shape index (κ3) is 1.34. The molecule has 0 N–H and O–H groups in total. The maximum absolute atomic E-state index is 12.2. The van der Waals surface area contributed by atoms with Crippen LogP contribution < -0.4 is 0 Å².